The summed E-state index contributed by atoms with van der Waals surface area (Å²) in [6, 6.07) is 13.5. The Balaban J connectivity index is 2.12. The second-order valence-electron chi connectivity index (χ2n) is 5.07. The quantitative estimate of drug-likeness (QED) is 0.859. The topological polar surface area (TPSA) is 66.4 Å². The molecule has 5 heteroatoms. The van der Waals surface area contributed by atoms with Crippen LogP contribution in [0.5, 0.6) is 0 Å². The van der Waals surface area contributed by atoms with E-state index in [1.165, 1.54) is 0 Å². The van der Waals surface area contributed by atoms with Crippen molar-refractivity contribution in [1.82, 2.24) is 5.32 Å². The molecule has 0 bridgehead atoms. The van der Waals surface area contributed by atoms with Crippen molar-refractivity contribution >= 4 is 27.8 Å². The minimum Gasteiger partial charge on any atom is -0.480 e. The largest absolute Gasteiger partial charge is 0.480 e. The number of hydrogen-bond acceptors (Lipinski definition) is 2. The SMILES string of the molecule is Cc1cccc(C[C@H](NC(=O)c2cccc(Br)c2)C(=O)O)c1. The van der Waals surface area contributed by atoms with Gasteiger partial charge in [0.05, 0.1) is 0 Å². The molecule has 0 aromatic heterocycles. The van der Waals surface area contributed by atoms with E-state index in [0.29, 0.717) is 5.56 Å². The summed E-state index contributed by atoms with van der Waals surface area (Å²) in [6.07, 6.45) is 0.247. The number of carbonyl (C=O) groups is 2. The molecule has 0 aliphatic rings. The predicted molar refractivity (Wildman–Crippen MR) is 87.9 cm³/mol. The van der Waals surface area contributed by atoms with Crippen LogP contribution in [0.25, 0.3) is 0 Å². The first kappa shape index (κ1) is 16.2. The zero-order valence-corrected chi connectivity index (χ0v) is 13.6. The van der Waals surface area contributed by atoms with Crippen molar-refractivity contribution in [2.24, 2.45) is 0 Å². The van der Waals surface area contributed by atoms with Gasteiger partial charge in [-0.05, 0) is 30.7 Å². The molecule has 0 fully saturated rings. The molecule has 22 heavy (non-hydrogen) atoms. The number of carboxylic acid groups (broad SMARTS) is 1. The van der Waals surface area contributed by atoms with Crippen LogP contribution >= 0.6 is 15.9 Å². The molecule has 2 N–H and O–H groups in total. The molecular weight excluding hydrogens is 346 g/mol. The maximum atomic E-state index is 12.2. The predicted octanol–water partition coefficient (Wildman–Crippen LogP) is 3.18. The van der Waals surface area contributed by atoms with Gasteiger partial charge in [0, 0.05) is 16.5 Å². The first-order valence-electron chi connectivity index (χ1n) is 6.80. The van der Waals surface area contributed by atoms with Crippen molar-refractivity contribution in [3.8, 4) is 0 Å². The third-order valence-corrected chi connectivity index (χ3v) is 3.71. The Bertz CT molecular complexity index is 700. The minimum atomic E-state index is -1.05. The van der Waals surface area contributed by atoms with Crippen LogP contribution in [0.2, 0.25) is 0 Å². The highest BCUT2D eigenvalue weighted by atomic mass is 79.9. The number of rotatable bonds is 5. The first-order valence-corrected chi connectivity index (χ1v) is 7.60. The Morgan fingerprint density at radius 2 is 1.91 bits per heavy atom. The molecule has 1 amide bonds. The molecule has 1 atom stereocenters. The summed E-state index contributed by atoms with van der Waals surface area (Å²) in [5, 5.41) is 11.9. The van der Waals surface area contributed by atoms with Gasteiger partial charge in [-0.25, -0.2) is 4.79 Å². The number of benzene rings is 2. The summed E-state index contributed by atoms with van der Waals surface area (Å²) in [4.78, 5) is 23.6. The second kappa shape index (κ2) is 7.22. The lowest BCUT2D eigenvalue weighted by molar-refractivity contribution is -0.139. The van der Waals surface area contributed by atoms with Crippen LogP contribution in [0.4, 0.5) is 0 Å². The van der Waals surface area contributed by atoms with E-state index >= 15 is 0 Å². The van der Waals surface area contributed by atoms with Gasteiger partial charge in [-0.15, -0.1) is 0 Å². The standard InChI is InChI=1S/C17H16BrNO3/c1-11-4-2-5-12(8-11)9-15(17(21)22)19-16(20)13-6-3-7-14(18)10-13/h2-8,10,15H,9H2,1H3,(H,19,20)(H,21,22)/t15-/m0/s1. The van der Waals surface area contributed by atoms with Crippen molar-refractivity contribution < 1.29 is 14.7 Å². The van der Waals surface area contributed by atoms with Crippen LogP contribution in [0, 0.1) is 6.92 Å². The number of carbonyl (C=O) groups excluding carboxylic acids is 1. The highest BCUT2D eigenvalue weighted by Crippen LogP contribution is 2.12. The molecule has 2 aromatic rings. The molecule has 4 nitrogen and oxygen atoms in total. The second-order valence-corrected chi connectivity index (χ2v) is 5.98. The highest BCUT2D eigenvalue weighted by molar-refractivity contribution is 9.10. The van der Waals surface area contributed by atoms with Gasteiger partial charge in [0.25, 0.3) is 5.91 Å². The van der Waals surface area contributed by atoms with E-state index in [2.05, 4.69) is 21.2 Å². The summed E-state index contributed by atoms with van der Waals surface area (Å²) < 4.78 is 0.769. The Hall–Kier alpha value is -2.14. The van der Waals surface area contributed by atoms with E-state index in [1.807, 2.05) is 31.2 Å². The van der Waals surface area contributed by atoms with Gasteiger partial charge in [0.15, 0.2) is 0 Å². The van der Waals surface area contributed by atoms with Crippen LogP contribution in [-0.2, 0) is 11.2 Å². The molecule has 0 saturated carbocycles. The van der Waals surface area contributed by atoms with Crippen LogP contribution in [0.1, 0.15) is 21.5 Å². The van der Waals surface area contributed by atoms with Gasteiger partial charge >= 0.3 is 5.97 Å². The molecule has 0 saturated heterocycles. The van der Waals surface area contributed by atoms with Gasteiger partial charge in [-0.1, -0.05) is 51.8 Å². The van der Waals surface area contributed by atoms with Crippen molar-refractivity contribution in [1.29, 1.82) is 0 Å². The summed E-state index contributed by atoms with van der Waals surface area (Å²) in [7, 11) is 0. The van der Waals surface area contributed by atoms with Crippen LogP contribution in [0.15, 0.2) is 53.0 Å². The van der Waals surface area contributed by atoms with Crippen molar-refractivity contribution in [2.45, 2.75) is 19.4 Å². The molecule has 2 rings (SSSR count). The lowest BCUT2D eigenvalue weighted by Gasteiger charge is -2.15. The zero-order valence-electron chi connectivity index (χ0n) is 12.0. The number of nitrogens with one attached hydrogen (secondary N) is 1. The molecule has 0 aliphatic heterocycles. The summed E-state index contributed by atoms with van der Waals surface area (Å²) in [6.45, 7) is 1.94. The van der Waals surface area contributed by atoms with Gasteiger partial charge in [-0.2, -0.15) is 0 Å². The van der Waals surface area contributed by atoms with Gasteiger partial charge in [0.1, 0.15) is 6.04 Å². The zero-order chi connectivity index (χ0) is 16.1. The first-order chi connectivity index (χ1) is 10.5. The molecule has 2 aromatic carbocycles. The molecule has 0 unspecified atom stereocenters. The number of amides is 1. The summed E-state index contributed by atoms with van der Waals surface area (Å²) >= 11 is 3.29. The third kappa shape index (κ3) is 4.43. The van der Waals surface area contributed by atoms with E-state index in [4.69, 9.17) is 0 Å². The molecule has 0 heterocycles. The Morgan fingerprint density at radius 3 is 2.55 bits per heavy atom. The normalized spacial score (nSPS) is 11.7. The maximum Gasteiger partial charge on any atom is 0.326 e. The smallest absolute Gasteiger partial charge is 0.326 e. The minimum absolute atomic E-state index is 0.247. The summed E-state index contributed by atoms with van der Waals surface area (Å²) in [5.74, 6) is -1.45. The number of carboxylic acids is 1. The Morgan fingerprint density at radius 1 is 1.18 bits per heavy atom. The van der Waals surface area contributed by atoms with E-state index in [-0.39, 0.29) is 6.42 Å². The van der Waals surface area contributed by atoms with Gasteiger partial charge in [-0.3, -0.25) is 4.79 Å². The lowest BCUT2D eigenvalue weighted by Crippen LogP contribution is -2.42. The van der Waals surface area contributed by atoms with E-state index in [9.17, 15) is 14.7 Å². The van der Waals surface area contributed by atoms with E-state index in [1.54, 1.807) is 24.3 Å². The van der Waals surface area contributed by atoms with Crippen molar-refractivity contribution in [3.63, 3.8) is 0 Å². The molecule has 0 spiro atoms. The van der Waals surface area contributed by atoms with Crippen molar-refractivity contribution in [3.05, 3.63) is 69.7 Å². The maximum absolute atomic E-state index is 12.2. The van der Waals surface area contributed by atoms with Gasteiger partial charge in [0.2, 0.25) is 0 Å². The summed E-state index contributed by atoms with van der Waals surface area (Å²) in [5.41, 5.74) is 2.35. The fourth-order valence-corrected chi connectivity index (χ4v) is 2.55. The molecule has 114 valence electrons. The number of hydrogen-bond donors (Lipinski definition) is 2. The van der Waals surface area contributed by atoms with Gasteiger partial charge < -0.3 is 10.4 Å². The van der Waals surface area contributed by atoms with Crippen LogP contribution in [0.3, 0.4) is 0 Å². The van der Waals surface area contributed by atoms with Crippen molar-refractivity contribution in [2.75, 3.05) is 0 Å². The average Bonchev–Trinajstić information content (AvgIpc) is 2.46. The van der Waals surface area contributed by atoms with Crippen LogP contribution in [-0.4, -0.2) is 23.0 Å². The molecule has 0 radical (unpaired) electrons. The van der Waals surface area contributed by atoms with E-state index in [0.717, 1.165) is 15.6 Å². The Labute approximate surface area is 137 Å². The Kier molecular flexibility index (Phi) is 5.33. The number of aryl methyl sites for hydroxylation is 1. The number of aliphatic carboxylic acids is 1. The molecule has 0 aliphatic carbocycles. The van der Waals surface area contributed by atoms with E-state index < -0.39 is 17.9 Å². The lowest BCUT2D eigenvalue weighted by atomic mass is 10.0. The highest BCUT2D eigenvalue weighted by Gasteiger charge is 2.21. The number of halogens is 1. The monoisotopic (exact) mass is 361 g/mol. The molecular formula is C17H16BrNO3. The van der Waals surface area contributed by atoms with Crippen LogP contribution < -0.4 is 5.32 Å². The fourth-order valence-electron chi connectivity index (χ4n) is 2.15. The third-order valence-electron chi connectivity index (χ3n) is 3.21. The fraction of sp³-hybridized carbons (Fsp3) is 0.176. The average molecular weight is 362 g/mol.